The SMILES string of the molecule is O=C(NC(CO)c1ccc(Cl)c(F)c1)c1ccncc1F. The molecule has 0 aliphatic heterocycles. The van der Waals surface area contributed by atoms with Crippen molar-refractivity contribution >= 4 is 17.5 Å². The molecule has 0 aliphatic rings. The number of halogens is 3. The summed E-state index contributed by atoms with van der Waals surface area (Å²) in [5.74, 6) is -2.18. The Bertz CT molecular complexity index is 667. The molecule has 1 unspecified atom stereocenters. The first-order valence-corrected chi connectivity index (χ1v) is 6.37. The van der Waals surface area contributed by atoms with Crippen LogP contribution in [0.15, 0.2) is 36.7 Å². The zero-order valence-corrected chi connectivity index (χ0v) is 11.4. The van der Waals surface area contributed by atoms with Gasteiger partial charge >= 0.3 is 0 Å². The van der Waals surface area contributed by atoms with E-state index in [4.69, 9.17) is 11.6 Å². The summed E-state index contributed by atoms with van der Waals surface area (Å²) in [7, 11) is 0. The lowest BCUT2D eigenvalue weighted by molar-refractivity contribution is 0.0911. The highest BCUT2D eigenvalue weighted by Crippen LogP contribution is 2.20. The van der Waals surface area contributed by atoms with Crippen LogP contribution in [0.4, 0.5) is 8.78 Å². The largest absolute Gasteiger partial charge is 0.394 e. The Morgan fingerprint density at radius 3 is 2.71 bits per heavy atom. The van der Waals surface area contributed by atoms with E-state index in [0.717, 1.165) is 12.3 Å². The van der Waals surface area contributed by atoms with Crippen molar-refractivity contribution in [1.29, 1.82) is 0 Å². The van der Waals surface area contributed by atoms with Gasteiger partial charge in [0.1, 0.15) is 5.82 Å². The van der Waals surface area contributed by atoms with E-state index in [0.29, 0.717) is 5.56 Å². The Morgan fingerprint density at radius 2 is 2.10 bits per heavy atom. The standard InChI is InChI=1S/C14H11ClF2N2O2/c15-10-2-1-8(5-11(10)16)13(7-20)19-14(21)9-3-4-18-6-12(9)17/h1-6,13,20H,7H2,(H,19,21). The van der Waals surface area contributed by atoms with E-state index in [1.807, 2.05) is 0 Å². The van der Waals surface area contributed by atoms with E-state index in [1.54, 1.807) is 0 Å². The number of pyridine rings is 1. The summed E-state index contributed by atoms with van der Waals surface area (Å²) < 4.78 is 26.9. The van der Waals surface area contributed by atoms with E-state index in [1.165, 1.54) is 24.4 Å². The smallest absolute Gasteiger partial charge is 0.254 e. The maximum atomic E-state index is 13.5. The van der Waals surface area contributed by atoms with Gasteiger partial charge in [0.25, 0.3) is 5.91 Å². The topological polar surface area (TPSA) is 62.2 Å². The van der Waals surface area contributed by atoms with E-state index in [-0.39, 0.29) is 10.6 Å². The number of hydrogen-bond donors (Lipinski definition) is 2. The Kier molecular flexibility index (Phi) is 4.82. The number of carbonyl (C=O) groups is 1. The minimum Gasteiger partial charge on any atom is -0.394 e. The highest BCUT2D eigenvalue weighted by atomic mass is 35.5. The molecule has 1 heterocycles. The van der Waals surface area contributed by atoms with Crippen LogP contribution in [0.5, 0.6) is 0 Å². The molecule has 0 spiro atoms. The zero-order valence-electron chi connectivity index (χ0n) is 10.7. The number of nitrogens with one attached hydrogen (secondary N) is 1. The van der Waals surface area contributed by atoms with Gasteiger partial charge in [-0.3, -0.25) is 9.78 Å². The summed E-state index contributed by atoms with van der Waals surface area (Å²) in [5.41, 5.74) is 0.111. The van der Waals surface area contributed by atoms with E-state index < -0.39 is 30.2 Å². The van der Waals surface area contributed by atoms with Crippen LogP contribution in [0.3, 0.4) is 0 Å². The number of rotatable bonds is 4. The number of benzene rings is 1. The van der Waals surface area contributed by atoms with E-state index in [9.17, 15) is 18.7 Å². The molecular formula is C14H11ClF2N2O2. The van der Waals surface area contributed by atoms with Crippen molar-refractivity contribution in [3.05, 3.63) is 64.4 Å². The first kappa shape index (κ1) is 15.3. The summed E-state index contributed by atoms with van der Waals surface area (Å²) in [6.45, 7) is -0.473. The fourth-order valence-electron chi connectivity index (χ4n) is 1.76. The molecule has 1 amide bonds. The molecule has 0 bridgehead atoms. The summed E-state index contributed by atoms with van der Waals surface area (Å²) in [5, 5.41) is 11.7. The van der Waals surface area contributed by atoms with Gasteiger partial charge in [0.05, 0.1) is 29.4 Å². The average molecular weight is 313 g/mol. The molecule has 1 aromatic heterocycles. The Balaban J connectivity index is 2.21. The number of amides is 1. The molecule has 0 radical (unpaired) electrons. The van der Waals surface area contributed by atoms with Crippen LogP contribution >= 0.6 is 11.6 Å². The van der Waals surface area contributed by atoms with Crippen LogP contribution in [0, 0.1) is 11.6 Å². The summed E-state index contributed by atoms with van der Waals surface area (Å²) in [6.07, 6.45) is 2.18. The van der Waals surface area contributed by atoms with Crippen LogP contribution < -0.4 is 5.32 Å². The molecule has 4 nitrogen and oxygen atoms in total. The third-order valence-corrected chi connectivity index (χ3v) is 3.16. The second-order valence-corrected chi connectivity index (χ2v) is 4.64. The van der Waals surface area contributed by atoms with Crippen molar-refractivity contribution in [2.24, 2.45) is 0 Å². The molecule has 0 aliphatic carbocycles. The maximum Gasteiger partial charge on any atom is 0.254 e. The summed E-state index contributed by atoms with van der Waals surface area (Å²) in [6, 6.07) is 4.22. The van der Waals surface area contributed by atoms with Crippen molar-refractivity contribution in [2.75, 3.05) is 6.61 Å². The molecule has 2 rings (SSSR count). The number of carbonyl (C=O) groups excluding carboxylic acids is 1. The lowest BCUT2D eigenvalue weighted by atomic mass is 10.1. The summed E-state index contributed by atoms with van der Waals surface area (Å²) in [4.78, 5) is 15.5. The van der Waals surface area contributed by atoms with Crippen molar-refractivity contribution in [3.63, 3.8) is 0 Å². The van der Waals surface area contributed by atoms with Gasteiger partial charge in [-0.1, -0.05) is 17.7 Å². The summed E-state index contributed by atoms with van der Waals surface area (Å²) >= 11 is 5.57. The predicted octanol–water partition coefficient (Wildman–Crippen LogP) is 2.48. The highest BCUT2D eigenvalue weighted by molar-refractivity contribution is 6.30. The molecule has 21 heavy (non-hydrogen) atoms. The number of nitrogens with zero attached hydrogens (tertiary/aromatic N) is 1. The van der Waals surface area contributed by atoms with Crippen LogP contribution in [-0.4, -0.2) is 22.6 Å². The second-order valence-electron chi connectivity index (χ2n) is 4.24. The first-order chi connectivity index (χ1) is 10.0. The minimum atomic E-state index is -0.878. The second kappa shape index (κ2) is 6.60. The van der Waals surface area contributed by atoms with Gasteiger partial charge in [-0.25, -0.2) is 8.78 Å². The van der Waals surface area contributed by atoms with Gasteiger partial charge < -0.3 is 10.4 Å². The van der Waals surface area contributed by atoms with E-state index >= 15 is 0 Å². The predicted molar refractivity (Wildman–Crippen MR) is 72.9 cm³/mol. The molecule has 110 valence electrons. The third-order valence-electron chi connectivity index (χ3n) is 2.85. The Labute approximate surface area is 124 Å². The molecule has 0 saturated heterocycles. The van der Waals surface area contributed by atoms with Crippen LogP contribution in [0.2, 0.25) is 5.02 Å². The van der Waals surface area contributed by atoms with Crippen LogP contribution in [0.1, 0.15) is 22.0 Å². The Hall–Kier alpha value is -2.05. The van der Waals surface area contributed by atoms with Gasteiger partial charge in [0.15, 0.2) is 5.82 Å². The average Bonchev–Trinajstić information content (AvgIpc) is 2.48. The van der Waals surface area contributed by atoms with Crippen LogP contribution in [-0.2, 0) is 0 Å². The molecule has 7 heteroatoms. The van der Waals surface area contributed by atoms with Crippen LogP contribution in [0.25, 0.3) is 0 Å². The zero-order chi connectivity index (χ0) is 15.4. The van der Waals surface area contributed by atoms with Crippen molar-refractivity contribution in [3.8, 4) is 0 Å². The van der Waals surface area contributed by atoms with Crippen molar-refractivity contribution in [2.45, 2.75) is 6.04 Å². The maximum absolute atomic E-state index is 13.5. The fraction of sp³-hybridized carbons (Fsp3) is 0.143. The van der Waals surface area contributed by atoms with E-state index in [2.05, 4.69) is 10.3 Å². The first-order valence-electron chi connectivity index (χ1n) is 5.99. The van der Waals surface area contributed by atoms with Crippen molar-refractivity contribution < 1.29 is 18.7 Å². The molecule has 1 atom stereocenters. The molecule has 1 aromatic carbocycles. The van der Waals surface area contributed by atoms with Gasteiger partial charge in [0, 0.05) is 6.20 Å². The lowest BCUT2D eigenvalue weighted by Crippen LogP contribution is -2.31. The number of hydrogen-bond acceptors (Lipinski definition) is 3. The quantitative estimate of drug-likeness (QED) is 0.911. The molecule has 2 N–H and O–H groups in total. The highest BCUT2D eigenvalue weighted by Gasteiger charge is 2.18. The lowest BCUT2D eigenvalue weighted by Gasteiger charge is -2.17. The Morgan fingerprint density at radius 1 is 1.33 bits per heavy atom. The normalized spacial score (nSPS) is 12.0. The van der Waals surface area contributed by atoms with Gasteiger partial charge in [-0.2, -0.15) is 0 Å². The fourth-order valence-corrected chi connectivity index (χ4v) is 1.88. The van der Waals surface area contributed by atoms with Gasteiger partial charge in [0.2, 0.25) is 0 Å². The van der Waals surface area contributed by atoms with Gasteiger partial charge in [-0.15, -0.1) is 0 Å². The monoisotopic (exact) mass is 312 g/mol. The number of aromatic nitrogens is 1. The molecule has 2 aromatic rings. The number of aliphatic hydroxyl groups excluding tert-OH is 1. The molecule has 0 saturated carbocycles. The number of aliphatic hydroxyl groups is 1. The third kappa shape index (κ3) is 3.53. The molecule has 0 fully saturated rings. The molecular weight excluding hydrogens is 302 g/mol. The van der Waals surface area contributed by atoms with Crippen molar-refractivity contribution in [1.82, 2.24) is 10.3 Å². The minimum absolute atomic E-state index is 0.0676. The van der Waals surface area contributed by atoms with Gasteiger partial charge in [-0.05, 0) is 23.8 Å².